The van der Waals surface area contributed by atoms with Crippen molar-refractivity contribution in [3.8, 4) is 22.3 Å². The van der Waals surface area contributed by atoms with Crippen LogP contribution in [-0.2, 0) is 12.8 Å². The standard InChI is InChI=1S/C46H56Si/c1-7-9-11-13-27-47(28-14-12-10-8-2,39-29-37-23-17-25-41(43(37)31-39)45-33(3)19-15-20-34(45)4)40-30-38-24-18-26-42(44(38)32-40)46-35(5)21-16-22-36(46)6/h15-26,31-32H,7-14,27-30H2,1-6H3. The van der Waals surface area contributed by atoms with Crippen LogP contribution in [0.15, 0.2) is 83.2 Å². The van der Waals surface area contributed by atoms with E-state index in [9.17, 15) is 0 Å². The number of unbranched alkanes of at least 4 members (excludes halogenated alkanes) is 6. The maximum atomic E-state index is 2.73. The summed E-state index contributed by atoms with van der Waals surface area (Å²) in [5.41, 5.74) is 17.4. The van der Waals surface area contributed by atoms with Gasteiger partial charge in [0.2, 0.25) is 0 Å². The van der Waals surface area contributed by atoms with E-state index in [0.29, 0.717) is 0 Å². The maximum Gasteiger partial charge on any atom is 0.109 e. The molecule has 244 valence electrons. The molecule has 0 atom stereocenters. The average Bonchev–Trinajstić information content (AvgIpc) is 3.70. The molecule has 0 amide bonds. The predicted octanol–water partition coefficient (Wildman–Crippen LogP) is 13.5. The lowest BCUT2D eigenvalue weighted by molar-refractivity contribution is 0.681. The highest BCUT2D eigenvalue weighted by Gasteiger charge is 2.43. The molecule has 0 saturated heterocycles. The second kappa shape index (κ2) is 14.8. The number of allylic oxidation sites excluding steroid dienone is 2. The first-order valence-corrected chi connectivity index (χ1v) is 21.1. The zero-order valence-corrected chi connectivity index (χ0v) is 31.1. The highest BCUT2D eigenvalue weighted by Crippen LogP contribution is 2.49. The zero-order valence-electron chi connectivity index (χ0n) is 30.1. The number of fused-ring (bicyclic) bond motifs is 2. The van der Waals surface area contributed by atoms with Crippen molar-refractivity contribution in [2.24, 2.45) is 0 Å². The van der Waals surface area contributed by atoms with E-state index in [1.54, 1.807) is 11.1 Å². The largest absolute Gasteiger partial charge is 0.109 e. The van der Waals surface area contributed by atoms with Gasteiger partial charge in [-0.1, -0.05) is 161 Å². The molecule has 2 aliphatic carbocycles. The molecule has 0 N–H and O–H groups in total. The molecule has 0 aliphatic heterocycles. The Labute approximate surface area is 287 Å². The van der Waals surface area contributed by atoms with Gasteiger partial charge in [-0.3, -0.25) is 0 Å². The van der Waals surface area contributed by atoms with Gasteiger partial charge in [0, 0.05) is 0 Å². The predicted molar refractivity (Wildman–Crippen MR) is 210 cm³/mol. The number of rotatable bonds is 14. The van der Waals surface area contributed by atoms with E-state index in [1.807, 2.05) is 10.4 Å². The summed E-state index contributed by atoms with van der Waals surface area (Å²) in [7, 11) is -2.00. The van der Waals surface area contributed by atoms with Crippen LogP contribution in [0, 0.1) is 27.7 Å². The topological polar surface area (TPSA) is 0 Å². The molecule has 0 saturated carbocycles. The van der Waals surface area contributed by atoms with Crippen LogP contribution in [0.2, 0.25) is 12.1 Å². The number of hydrogen-bond acceptors (Lipinski definition) is 0. The summed E-state index contributed by atoms with van der Waals surface area (Å²) in [6, 6.07) is 30.7. The summed E-state index contributed by atoms with van der Waals surface area (Å²) in [5.74, 6) is 0. The molecular formula is C46H56Si. The fraction of sp³-hybridized carbons (Fsp3) is 0.391. The highest BCUT2D eigenvalue weighted by atomic mass is 28.3. The summed E-state index contributed by atoms with van der Waals surface area (Å²) < 4.78 is 0. The molecule has 0 nitrogen and oxygen atoms in total. The Morgan fingerprint density at radius 1 is 0.468 bits per heavy atom. The van der Waals surface area contributed by atoms with Crippen LogP contribution in [-0.4, -0.2) is 8.07 Å². The van der Waals surface area contributed by atoms with Crippen molar-refractivity contribution in [1.82, 2.24) is 0 Å². The second-order valence-corrected chi connectivity index (χ2v) is 19.1. The number of hydrogen-bond donors (Lipinski definition) is 0. The fourth-order valence-corrected chi connectivity index (χ4v) is 14.5. The van der Waals surface area contributed by atoms with Gasteiger partial charge in [0.1, 0.15) is 8.07 Å². The third-order valence-corrected chi connectivity index (χ3v) is 17.0. The smallest absolute Gasteiger partial charge is 0.0709 e. The first-order valence-electron chi connectivity index (χ1n) is 18.7. The summed E-state index contributed by atoms with van der Waals surface area (Å²) in [5, 5.41) is 3.62. The van der Waals surface area contributed by atoms with E-state index in [2.05, 4.69) is 126 Å². The lowest BCUT2D eigenvalue weighted by Crippen LogP contribution is -2.40. The second-order valence-electron chi connectivity index (χ2n) is 14.7. The maximum absolute atomic E-state index is 2.73. The Bertz CT molecular complexity index is 1620. The Hall–Kier alpha value is -3.42. The zero-order chi connectivity index (χ0) is 33.0. The summed E-state index contributed by atoms with van der Waals surface area (Å²) >= 11 is 0. The van der Waals surface area contributed by atoms with E-state index in [0.717, 1.165) is 12.8 Å². The highest BCUT2D eigenvalue weighted by molar-refractivity contribution is 6.94. The Kier molecular flexibility index (Phi) is 10.5. The molecule has 0 radical (unpaired) electrons. The van der Waals surface area contributed by atoms with Gasteiger partial charge in [0.25, 0.3) is 0 Å². The number of aryl methyl sites for hydroxylation is 4. The third kappa shape index (κ3) is 6.66. The van der Waals surface area contributed by atoms with Crippen molar-refractivity contribution in [1.29, 1.82) is 0 Å². The van der Waals surface area contributed by atoms with Gasteiger partial charge in [-0.25, -0.2) is 0 Å². The Morgan fingerprint density at radius 2 is 0.851 bits per heavy atom. The van der Waals surface area contributed by atoms with E-state index < -0.39 is 8.07 Å². The number of benzene rings is 4. The first kappa shape index (κ1) is 33.5. The van der Waals surface area contributed by atoms with Gasteiger partial charge in [0.05, 0.1) is 0 Å². The van der Waals surface area contributed by atoms with Crippen LogP contribution >= 0.6 is 0 Å². The molecule has 6 rings (SSSR count). The molecular weight excluding hydrogens is 581 g/mol. The van der Waals surface area contributed by atoms with Crippen molar-refractivity contribution in [2.45, 2.75) is 118 Å². The van der Waals surface area contributed by atoms with Crippen molar-refractivity contribution < 1.29 is 0 Å². The van der Waals surface area contributed by atoms with Crippen LogP contribution < -0.4 is 0 Å². The minimum Gasteiger partial charge on any atom is -0.0709 e. The van der Waals surface area contributed by atoms with Crippen LogP contribution in [0.1, 0.15) is 110 Å². The lowest BCUT2D eigenvalue weighted by Gasteiger charge is -2.36. The molecule has 0 bridgehead atoms. The van der Waals surface area contributed by atoms with Crippen molar-refractivity contribution >= 4 is 20.2 Å². The summed E-state index contributed by atoms with van der Waals surface area (Å²) in [6.07, 6.45) is 18.5. The monoisotopic (exact) mass is 636 g/mol. The average molecular weight is 637 g/mol. The quantitative estimate of drug-likeness (QED) is 0.0954. The van der Waals surface area contributed by atoms with Crippen LogP contribution in [0.5, 0.6) is 0 Å². The molecule has 0 unspecified atom stereocenters. The molecule has 1 heteroatoms. The van der Waals surface area contributed by atoms with E-state index in [4.69, 9.17) is 0 Å². The van der Waals surface area contributed by atoms with Gasteiger partial charge in [-0.05, 0) is 119 Å². The Balaban J connectivity index is 1.50. The van der Waals surface area contributed by atoms with Gasteiger partial charge < -0.3 is 0 Å². The lowest BCUT2D eigenvalue weighted by atomic mass is 9.91. The summed E-state index contributed by atoms with van der Waals surface area (Å²) in [4.78, 5) is 0. The normalized spacial score (nSPS) is 13.8. The van der Waals surface area contributed by atoms with Crippen LogP contribution in [0.25, 0.3) is 34.4 Å². The van der Waals surface area contributed by atoms with Gasteiger partial charge in [0.15, 0.2) is 0 Å². The molecule has 0 heterocycles. The Morgan fingerprint density at radius 3 is 1.23 bits per heavy atom. The van der Waals surface area contributed by atoms with E-state index >= 15 is 0 Å². The van der Waals surface area contributed by atoms with Crippen LogP contribution in [0.3, 0.4) is 0 Å². The third-order valence-electron chi connectivity index (χ3n) is 11.4. The molecule has 0 spiro atoms. The summed E-state index contributed by atoms with van der Waals surface area (Å²) in [6.45, 7) is 13.9. The fourth-order valence-electron chi connectivity index (χ4n) is 8.95. The van der Waals surface area contributed by atoms with Crippen molar-refractivity contribution in [3.05, 3.63) is 128 Å². The SMILES string of the molecule is CCCCCC[Si](CCCCCC)(C1=Cc2c(cccc2-c2c(C)cccc2C)C1)C1=Cc2c(cccc2-c2c(C)cccc2C)C1. The molecule has 47 heavy (non-hydrogen) atoms. The van der Waals surface area contributed by atoms with Crippen molar-refractivity contribution in [2.75, 3.05) is 0 Å². The first-order chi connectivity index (χ1) is 22.9. The minimum atomic E-state index is -2.00. The van der Waals surface area contributed by atoms with Crippen molar-refractivity contribution in [3.63, 3.8) is 0 Å². The van der Waals surface area contributed by atoms with Gasteiger partial charge in [-0.15, -0.1) is 0 Å². The molecule has 4 aromatic carbocycles. The van der Waals surface area contributed by atoms with E-state index in [-0.39, 0.29) is 0 Å². The van der Waals surface area contributed by atoms with Gasteiger partial charge in [-0.2, -0.15) is 0 Å². The molecule has 0 aromatic heterocycles. The van der Waals surface area contributed by atoms with Crippen LogP contribution in [0.4, 0.5) is 0 Å². The molecule has 2 aliphatic rings. The minimum absolute atomic E-state index is 1.14. The molecule has 0 fully saturated rings. The van der Waals surface area contributed by atoms with Gasteiger partial charge >= 0.3 is 0 Å². The van der Waals surface area contributed by atoms with E-state index in [1.165, 1.54) is 119 Å². The molecule has 4 aromatic rings.